The van der Waals surface area contributed by atoms with Crippen molar-refractivity contribution in [3.8, 4) is 11.5 Å². The maximum atomic E-state index is 12.6. The van der Waals surface area contributed by atoms with Gasteiger partial charge in [-0.25, -0.2) is 4.79 Å². The van der Waals surface area contributed by atoms with Crippen molar-refractivity contribution in [2.24, 2.45) is 0 Å². The Morgan fingerprint density at radius 2 is 2.00 bits per heavy atom. The molecule has 3 rings (SSSR count). The number of ketones is 1. The molecule has 0 amide bonds. The molecule has 0 N–H and O–H groups in total. The number of ether oxygens (including phenoxy) is 3. The number of Topliss-reactive ketones (excluding diaryl/α,β-unsaturated/α-hetero) is 1. The van der Waals surface area contributed by atoms with Crippen LogP contribution in [-0.4, -0.2) is 25.5 Å². The van der Waals surface area contributed by atoms with E-state index >= 15 is 0 Å². The van der Waals surface area contributed by atoms with Crippen LogP contribution >= 0.6 is 0 Å². The van der Waals surface area contributed by atoms with Gasteiger partial charge < -0.3 is 14.2 Å². The van der Waals surface area contributed by atoms with Gasteiger partial charge in [-0.1, -0.05) is 25.1 Å². The van der Waals surface area contributed by atoms with Crippen LogP contribution in [0.5, 0.6) is 11.5 Å². The maximum absolute atomic E-state index is 12.6. The van der Waals surface area contributed by atoms with Gasteiger partial charge in [-0.3, -0.25) is 4.79 Å². The molecule has 0 spiro atoms. The van der Waals surface area contributed by atoms with Crippen LogP contribution in [0, 0.1) is 0 Å². The molecule has 2 aromatic rings. The van der Waals surface area contributed by atoms with Crippen LogP contribution in [-0.2, 0) is 4.74 Å². The molecular formula is C20H18O5. The monoisotopic (exact) mass is 338 g/mol. The Bertz CT molecular complexity index is 851. The summed E-state index contributed by atoms with van der Waals surface area (Å²) in [5.41, 5.74) is 1.42. The summed E-state index contributed by atoms with van der Waals surface area (Å²) < 4.78 is 16.0. The molecule has 1 aliphatic heterocycles. The second-order valence-electron chi connectivity index (χ2n) is 5.53. The zero-order valence-corrected chi connectivity index (χ0v) is 14.1. The van der Waals surface area contributed by atoms with Crippen LogP contribution in [0.4, 0.5) is 0 Å². The molecule has 0 saturated heterocycles. The molecule has 5 heteroatoms. The van der Waals surface area contributed by atoms with Gasteiger partial charge in [-0.05, 0) is 36.8 Å². The standard InChI is InChI=1S/C20H18O5/c1-3-10-24-16-7-5-4-6-13(16)12-18-19(21)15-11-14(20(22)23-2)8-9-17(15)25-18/h4-9,11-12H,3,10H2,1-2H3. The number of carbonyl (C=O) groups is 2. The largest absolute Gasteiger partial charge is 0.493 e. The first-order valence-corrected chi connectivity index (χ1v) is 8.02. The van der Waals surface area contributed by atoms with Crippen LogP contribution in [0.3, 0.4) is 0 Å². The van der Waals surface area contributed by atoms with Gasteiger partial charge in [0.1, 0.15) is 11.5 Å². The first-order chi connectivity index (χ1) is 12.1. The minimum absolute atomic E-state index is 0.199. The van der Waals surface area contributed by atoms with Gasteiger partial charge in [0.25, 0.3) is 0 Å². The number of hydrogen-bond acceptors (Lipinski definition) is 5. The summed E-state index contributed by atoms with van der Waals surface area (Å²) in [6, 6.07) is 12.1. The number of fused-ring (bicyclic) bond motifs is 1. The van der Waals surface area contributed by atoms with Crippen LogP contribution < -0.4 is 9.47 Å². The van der Waals surface area contributed by atoms with Gasteiger partial charge in [0.05, 0.1) is 24.8 Å². The molecule has 5 nitrogen and oxygen atoms in total. The predicted octanol–water partition coefficient (Wildman–Crippen LogP) is 3.88. The van der Waals surface area contributed by atoms with Crippen molar-refractivity contribution in [2.45, 2.75) is 13.3 Å². The van der Waals surface area contributed by atoms with E-state index in [0.29, 0.717) is 29.2 Å². The van der Waals surface area contributed by atoms with Crippen molar-refractivity contribution in [3.05, 3.63) is 64.9 Å². The minimum atomic E-state index is -0.494. The van der Waals surface area contributed by atoms with Crippen molar-refractivity contribution in [3.63, 3.8) is 0 Å². The Balaban J connectivity index is 1.92. The Morgan fingerprint density at radius 3 is 2.76 bits per heavy atom. The fourth-order valence-corrected chi connectivity index (χ4v) is 2.52. The van der Waals surface area contributed by atoms with E-state index in [1.807, 2.05) is 31.2 Å². The van der Waals surface area contributed by atoms with Crippen LogP contribution in [0.15, 0.2) is 48.2 Å². The molecule has 0 aliphatic carbocycles. The molecule has 0 unspecified atom stereocenters. The number of hydrogen-bond donors (Lipinski definition) is 0. The molecule has 0 fully saturated rings. The maximum Gasteiger partial charge on any atom is 0.337 e. The zero-order chi connectivity index (χ0) is 17.8. The summed E-state index contributed by atoms with van der Waals surface area (Å²) in [5, 5.41) is 0. The third-order valence-electron chi connectivity index (χ3n) is 3.76. The summed E-state index contributed by atoms with van der Waals surface area (Å²) in [7, 11) is 1.30. The lowest BCUT2D eigenvalue weighted by Gasteiger charge is -2.08. The Hall–Kier alpha value is -3.08. The van der Waals surface area contributed by atoms with Gasteiger partial charge in [0.2, 0.25) is 5.78 Å². The highest BCUT2D eigenvalue weighted by Crippen LogP contribution is 2.33. The van der Waals surface area contributed by atoms with E-state index in [0.717, 1.165) is 12.0 Å². The molecular weight excluding hydrogens is 320 g/mol. The Morgan fingerprint density at radius 1 is 1.20 bits per heavy atom. The summed E-state index contributed by atoms with van der Waals surface area (Å²) in [6.45, 7) is 2.62. The third kappa shape index (κ3) is 3.40. The van der Waals surface area contributed by atoms with E-state index in [1.54, 1.807) is 18.2 Å². The number of esters is 1. The molecule has 25 heavy (non-hydrogen) atoms. The summed E-state index contributed by atoms with van der Waals surface area (Å²) >= 11 is 0. The molecule has 1 aliphatic rings. The topological polar surface area (TPSA) is 61.8 Å². The second-order valence-corrected chi connectivity index (χ2v) is 5.53. The SMILES string of the molecule is CCCOc1ccccc1C=C1Oc2ccc(C(=O)OC)cc2C1=O. The number of methoxy groups -OCH3 is 1. The van der Waals surface area contributed by atoms with E-state index in [2.05, 4.69) is 4.74 Å². The second kappa shape index (κ2) is 7.21. The van der Waals surface area contributed by atoms with E-state index in [9.17, 15) is 9.59 Å². The normalized spacial score (nSPS) is 14.2. The highest BCUT2D eigenvalue weighted by atomic mass is 16.5. The average Bonchev–Trinajstić information content (AvgIpc) is 2.95. The summed E-state index contributed by atoms with van der Waals surface area (Å²) in [6.07, 6.45) is 2.55. The van der Waals surface area contributed by atoms with Crippen molar-refractivity contribution in [1.82, 2.24) is 0 Å². The summed E-state index contributed by atoms with van der Waals surface area (Å²) in [4.78, 5) is 24.2. The van der Waals surface area contributed by atoms with Crippen molar-refractivity contribution >= 4 is 17.8 Å². The molecule has 0 radical (unpaired) electrons. The van der Waals surface area contributed by atoms with E-state index < -0.39 is 5.97 Å². The Kier molecular flexibility index (Phi) is 4.84. The molecule has 0 aromatic heterocycles. The Labute approximate surface area is 145 Å². The lowest BCUT2D eigenvalue weighted by Crippen LogP contribution is -2.03. The van der Waals surface area contributed by atoms with Gasteiger partial charge >= 0.3 is 5.97 Å². The van der Waals surface area contributed by atoms with Crippen LogP contribution in [0.25, 0.3) is 6.08 Å². The molecule has 1 heterocycles. The van der Waals surface area contributed by atoms with Crippen LogP contribution in [0.2, 0.25) is 0 Å². The minimum Gasteiger partial charge on any atom is -0.493 e. The molecule has 0 atom stereocenters. The predicted molar refractivity (Wildman–Crippen MR) is 92.9 cm³/mol. The zero-order valence-electron chi connectivity index (χ0n) is 14.1. The first kappa shape index (κ1) is 16.8. The smallest absolute Gasteiger partial charge is 0.337 e. The summed E-state index contributed by atoms with van der Waals surface area (Å²) in [5.74, 6) is 0.553. The molecule has 0 bridgehead atoms. The highest BCUT2D eigenvalue weighted by Gasteiger charge is 2.28. The van der Waals surface area contributed by atoms with Gasteiger partial charge in [0.15, 0.2) is 5.76 Å². The number of rotatable bonds is 5. The fraction of sp³-hybridized carbons (Fsp3) is 0.200. The number of carbonyl (C=O) groups excluding carboxylic acids is 2. The number of para-hydroxylation sites is 1. The first-order valence-electron chi connectivity index (χ1n) is 8.02. The molecule has 0 saturated carbocycles. The number of benzene rings is 2. The molecule has 2 aromatic carbocycles. The van der Waals surface area contributed by atoms with Gasteiger partial charge in [-0.15, -0.1) is 0 Å². The van der Waals surface area contributed by atoms with Crippen molar-refractivity contribution < 1.29 is 23.8 Å². The van der Waals surface area contributed by atoms with Gasteiger partial charge in [-0.2, -0.15) is 0 Å². The van der Waals surface area contributed by atoms with E-state index in [4.69, 9.17) is 9.47 Å². The fourth-order valence-electron chi connectivity index (χ4n) is 2.52. The lowest BCUT2D eigenvalue weighted by molar-refractivity contribution is 0.0600. The van der Waals surface area contributed by atoms with E-state index in [1.165, 1.54) is 13.2 Å². The number of allylic oxidation sites excluding steroid dienone is 1. The third-order valence-corrected chi connectivity index (χ3v) is 3.76. The average molecular weight is 338 g/mol. The van der Waals surface area contributed by atoms with Gasteiger partial charge in [0, 0.05) is 5.56 Å². The highest BCUT2D eigenvalue weighted by molar-refractivity contribution is 6.15. The molecule has 128 valence electrons. The van der Waals surface area contributed by atoms with Crippen LogP contribution in [0.1, 0.15) is 39.6 Å². The van der Waals surface area contributed by atoms with Crippen molar-refractivity contribution in [1.29, 1.82) is 0 Å². The quantitative estimate of drug-likeness (QED) is 0.611. The van der Waals surface area contributed by atoms with Crippen molar-refractivity contribution in [2.75, 3.05) is 13.7 Å². The lowest BCUT2D eigenvalue weighted by atomic mass is 10.1. The van der Waals surface area contributed by atoms with E-state index in [-0.39, 0.29) is 11.5 Å².